The molecule has 3 heteroatoms. The monoisotopic (exact) mass is 268 g/mol. The van der Waals surface area contributed by atoms with E-state index < -0.39 is 0 Å². The third-order valence-electron chi connectivity index (χ3n) is 3.34. The van der Waals surface area contributed by atoms with Crippen LogP contribution in [0.1, 0.15) is 69.6 Å². The molecular formula is C15H28N2S. The highest BCUT2D eigenvalue weighted by atomic mass is 32.1. The van der Waals surface area contributed by atoms with Gasteiger partial charge in [0.05, 0.1) is 10.7 Å². The van der Waals surface area contributed by atoms with E-state index in [2.05, 4.69) is 53.8 Å². The molecule has 0 aliphatic carbocycles. The molecule has 2 atom stereocenters. The number of nitrogens with one attached hydrogen (secondary N) is 1. The minimum atomic E-state index is 0.157. The molecule has 1 rings (SSSR count). The lowest BCUT2D eigenvalue weighted by Gasteiger charge is -2.16. The summed E-state index contributed by atoms with van der Waals surface area (Å²) < 4.78 is 0. The van der Waals surface area contributed by atoms with Crippen LogP contribution < -0.4 is 5.32 Å². The van der Waals surface area contributed by atoms with E-state index in [0.717, 1.165) is 12.5 Å². The third-order valence-corrected chi connectivity index (χ3v) is 5.10. The van der Waals surface area contributed by atoms with E-state index in [1.54, 1.807) is 0 Å². The van der Waals surface area contributed by atoms with Crippen LogP contribution in [0.3, 0.4) is 0 Å². The van der Waals surface area contributed by atoms with Crippen molar-refractivity contribution in [1.82, 2.24) is 10.3 Å². The van der Waals surface area contributed by atoms with E-state index in [-0.39, 0.29) is 5.41 Å². The Morgan fingerprint density at radius 2 is 1.89 bits per heavy atom. The lowest BCUT2D eigenvalue weighted by molar-refractivity contribution is 0.463. The lowest BCUT2D eigenvalue weighted by Crippen LogP contribution is -2.24. The maximum atomic E-state index is 4.73. The predicted molar refractivity (Wildman–Crippen MR) is 81.4 cm³/mol. The van der Waals surface area contributed by atoms with Crippen molar-refractivity contribution >= 4 is 11.3 Å². The molecule has 1 aromatic rings. The van der Waals surface area contributed by atoms with Gasteiger partial charge in [0.25, 0.3) is 0 Å². The molecule has 2 unspecified atom stereocenters. The molecule has 1 aromatic heterocycles. The molecule has 18 heavy (non-hydrogen) atoms. The van der Waals surface area contributed by atoms with Gasteiger partial charge in [-0.1, -0.05) is 41.0 Å². The fourth-order valence-electron chi connectivity index (χ4n) is 1.75. The molecule has 1 N–H and O–H groups in total. The zero-order valence-electron chi connectivity index (χ0n) is 12.9. The topological polar surface area (TPSA) is 24.9 Å². The average molecular weight is 268 g/mol. The number of rotatable bonds is 5. The van der Waals surface area contributed by atoms with Crippen molar-refractivity contribution in [2.75, 3.05) is 6.54 Å². The van der Waals surface area contributed by atoms with Gasteiger partial charge in [-0.25, -0.2) is 4.98 Å². The summed E-state index contributed by atoms with van der Waals surface area (Å²) in [6.07, 6.45) is 1.23. The largest absolute Gasteiger partial charge is 0.309 e. The molecule has 0 radical (unpaired) electrons. The Bertz CT molecular complexity index is 376. The minimum Gasteiger partial charge on any atom is -0.309 e. The Labute approximate surface area is 116 Å². The summed E-state index contributed by atoms with van der Waals surface area (Å²) >= 11 is 1.86. The van der Waals surface area contributed by atoms with Crippen LogP contribution in [0.2, 0.25) is 0 Å². The van der Waals surface area contributed by atoms with Crippen LogP contribution in [0, 0.1) is 12.8 Å². The summed E-state index contributed by atoms with van der Waals surface area (Å²) in [4.78, 5) is 6.12. The van der Waals surface area contributed by atoms with Crippen molar-refractivity contribution in [3.05, 3.63) is 15.6 Å². The number of aryl methyl sites for hydroxylation is 1. The maximum Gasteiger partial charge on any atom is 0.0985 e. The van der Waals surface area contributed by atoms with Gasteiger partial charge in [0.2, 0.25) is 0 Å². The van der Waals surface area contributed by atoms with E-state index in [0.29, 0.717) is 6.04 Å². The van der Waals surface area contributed by atoms with Crippen LogP contribution in [0.25, 0.3) is 0 Å². The standard InChI is InChI=1S/C15H28N2S/c1-8-10(2)9-16-11(3)13-12(4)17-14(18-13)15(5,6)7/h10-11,16H,8-9H2,1-7H3. The van der Waals surface area contributed by atoms with E-state index >= 15 is 0 Å². The van der Waals surface area contributed by atoms with Gasteiger partial charge in [-0.15, -0.1) is 11.3 Å². The average Bonchev–Trinajstić information content (AvgIpc) is 2.67. The number of hydrogen-bond acceptors (Lipinski definition) is 3. The molecule has 0 aliphatic rings. The smallest absolute Gasteiger partial charge is 0.0985 e. The first kappa shape index (κ1) is 15.6. The Morgan fingerprint density at radius 3 is 2.33 bits per heavy atom. The van der Waals surface area contributed by atoms with Crippen LogP contribution >= 0.6 is 11.3 Å². The van der Waals surface area contributed by atoms with E-state index in [9.17, 15) is 0 Å². The van der Waals surface area contributed by atoms with Crippen molar-refractivity contribution in [3.63, 3.8) is 0 Å². The fourth-order valence-corrected chi connectivity index (χ4v) is 2.90. The quantitative estimate of drug-likeness (QED) is 0.853. The Hall–Kier alpha value is -0.410. The number of aromatic nitrogens is 1. The molecule has 0 spiro atoms. The fraction of sp³-hybridized carbons (Fsp3) is 0.800. The molecule has 0 bridgehead atoms. The van der Waals surface area contributed by atoms with Gasteiger partial charge in [-0.05, 0) is 26.3 Å². The summed E-state index contributed by atoms with van der Waals surface area (Å²) in [5.41, 5.74) is 1.35. The van der Waals surface area contributed by atoms with Gasteiger partial charge >= 0.3 is 0 Å². The summed E-state index contributed by atoms with van der Waals surface area (Å²) in [7, 11) is 0. The molecule has 1 heterocycles. The van der Waals surface area contributed by atoms with Gasteiger partial charge in [-0.3, -0.25) is 0 Å². The highest BCUT2D eigenvalue weighted by Gasteiger charge is 2.22. The highest BCUT2D eigenvalue weighted by Crippen LogP contribution is 2.32. The Balaban J connectivity index is 2.74. The van der Waals surface area contributed by atoms with E-state index in [1.807, 2.05) is 11.3 Å². The van der Waals surface area contributed by atoms with Crippen molar-refractivity contribution < 1.29 is 0 Å². The summed E-state index contributed by atoms with van der Waals surface area (Å²) in [5, 5.41) is 4.87. The second kappa shape index (κ2) is 6.16. The predicted octanol–water partition coefficient (Wildman–Crippen LogP) is 4.45. The minimum absolute atomic E-state index is 0.157. The van der Waals surface area contributed by atoms with Gasteiger partial charge in [0.1, 0.15) is 0 Å². The first-order valence-corrected chi connectivity index (χ1v) is 7.78. The number of thiazole rings is 1. The van der Waals surface area contributed by atoms with Crippen LogP contribution in [0.4, 0.5) is 0 Å². The SMILES string of the molecule is CCC(C)CNC(C)c1sc(C(C)(C)C)nc1C. The molecule has 0 saturated heterocycles. The summed E-state index contributed by atoms with van der Waals surface area (Å²) in [6.45, 7) is 16.7. The molecule has 2 nitrogen and oxygen atoms in total. The van der Waals surface area contributed by atoms with Crippen molar-refractivity contribution in [2.24, 2.45) is 5.92 Å². The first-order chi connectivity index (χ1) is 8.25. The first-order valence-electron chi connectivity index (χ1n) is 6.96. The van der Waals surface area contributed by atoms with Crippen LogP contribution in [-0.4, -0.2) is 11.5 Å². The number of hydrogen-bond donors (Lipinski definition) is 1. The second-order valence-corrected chi connectivity index (χ2v) is 7.39. The van der Waals surface area contributed by atoms with Crippen LogP contribution in [-0.2, 0) is 5.41 Å². The normalized spacial score (nSPS) is 15.7. The van der Waals surface area contributed by atoms with Gasteiger partial charge < -0.3 is 5.32 Å². The van der Waals surface area contributed by atoms with Crippen molar-refractivity contribution in [3.8, 4) is 0 Å². The third kappa shape index (κ3) is 4.06. The molecule has 0 aliphatic heterocycles. The molecule has 0 fully saturated rings. The summed E-state index contributed by atoms with van der Waals surface area (Å²) in [5.74, 6) is 0.739. The maximum absolute atomic E-state index is 4.73. The van der Waals surface area contributed by atoms with Gasteiger partial charge in [-0.2, -0.15) is 0 Å². The van der Waals surface area contributed by atoms with Gasteiger partial charge in [0, 0.05) is 16.3 Å². The number of nitrogens with zero attached hydrogens (tertiary/aromatic N) is 1. The van der Waals surface area contributed by atoms with Crippen LogP contribution in [0.15, 0.2) is 0 Å². The molecule has 0 saturated carbocycles. The van der Waals surface area contributed by atoms with E-state index in [4.69, 9.17) is 4.98 Å². The highest BCUT2D eigenvalue weighted by molar-refractivity contribution is 7.12. The zero-order valence-corrected chi connectivity index (χ0v) is 13.7. The molecule has 0 aromatic carbocycles. The van der Waals surface area contributed by atoms with Crippen molar-refractivity contribution in [1.29, 1.82) is 0 Å². The molecular weight excluding hydrogens is 240 g/mol. The van der Waals surface area contributed by atoms with Gasteiger partial charge in [0.15, 0.2) is 0 Å². The zero-order chi connectivity index (χ0) is 13.9. The Morgan fingerprint density at radius 1 is 1.28 bits per heavy atom. The summed E-state index contributed by atoms with van der Waals surface area (Å²) in [6, 6.07) is 0.410. The van der Waals surface area contributed by atoms with Crippen molar-refractivity contribution in [2.45, 2.75) is 66.3 Å². The molecule has 104 valence electrons. The molecule has 0 amide bonds. The van der Waals surface area contributed by atoms with Crippen LogP contribution in [0.5, 0.6) is 0 Å². The lowest BCUT2D eigenvalue weighted by atomic mass is 9.98. The Kier molecular flexibility index (Phi) is 5.35. The second-order valence-electron chi connectivity index (χ2n) is 6.36. The van der Waals surface area contributed by atoms with E-state index in [1.165, 1.54) is 22.0 Å².